The van der Waals surface area contributed by atoms with Gasteiger partial charge in [0.15, 0.2) is 5.13 Å². The lowest BCUT2D eigenvalue weighted by atomic mass is 10.1. The highest BCUT2D eigenvalue weighted by atomic mass is 32.1. The number of aryl methyl sites for hydroxylation is 1. The summed E-state index contributed by atoms with van der Waals surface area (Å²) < 4.78 is 28.8. The number of carbonyl (C=O) groups excluding carboxylic acids is 1. The Morgan fingerprint density at radius 3 is 2.70 bits per heavy atom. The maximum atomic E-state index is 12.2. The van der Waals surface area contributed by atoms with Gasteiger partial charge in [-0.15, -0.1) is 11.3 Å². The first-order valence-electron chi connectivity index (χ1n) is 7.93. The number of amides is 1. The Balaban J connectivity index is 1.69. The topological polar surface area (TPSA) is 64.1 Å². The molecule has 2 aromatic heterocycles. The molecule has 0 unspecified atom stereocenters. The van der Waals surface area contributed by atoms with E-state index in [1.165, 1.54) is 29.5 Å². The third-order valence-corrected chi connectivity index (χ3v) is 4.38. The molecule has 0 fully saturated rings. The van der Waals surface area contributed by atoms with E-state index in [1.807, 2.05) is 13.0 Å². The molecule has 2 heterocycles. The van der Waals surface area contributed by atoms with Crippen LogP contribution in [0.4, 0.5) is 13.9 Å². The fourth-order valence-electron chi connectivity index (χ4n) is 2.31. The summed E-state index contributed by atoms with van der Waals surface area (Å²) in [7, 11) is 0. The van der Waals surface area contributed by atoms with Crippen LogP contribution in [0, 0.1) is 6.92 Å². The normalized spacial score (nSPS) is 11.1. The second kappa shape index (κ2) is 8.50. The van der Waals surface area contributed by atoms with Crippen molar-refractivity contribution >= 4 is 28.5 Å². The van der Waals surface area contributed by atoms with Gasteiger partial charge in [0.25, 0.3) is 0 Å². The number of hydrogen-bond acceptors (Lipinski definition) is 5. The summed E-state index contributed by atoms with van der Waals surface area (Å²) in [5.41, 5.74) is 2.24. The minimum atomic E-state index is -2.86. The summed E-state index contributed by atoms with van der Waals surface area (Å²) in [5.74, 6) is -0.226. The number of alkyl halides is 2. The fraction of sp³-hybridized carbons (Fsp3) is 0.105. The number of ether oxygens (including phenoxy) is 1. The minimum absolute atomic E-state index is 0.0793. The summed E-state index contributed by atoms with van der Waals surface area (Å²) >= 11 is 1.33. The number of anilines is 1. The molecule has 0 spiro atoms. The number of nitrogens with one attached hydrogen (secondary N) is 1. The Morgan fingerprint density at radius 2 is 2.04 bits per heavy atom. The molecule has 1 aromatic carbocycles. The zero-order valence-corrected chi connectivity index (χ0v) is 15.0. The van der Waals surface area contributed by atoms with Gasteiger partial charge >= 0.3 is 6.61 Å². The van der Waals surface area contributed by atoms with Crippen LogP contribution in [0.1, 0.15) is 10.4 Å². The van der Waals surface area contributed by atoms with Crippen LogP contribution in [0.3, 0.4) is 0 Å². The molecule has 0 aliphatic carbocycles. The van der Waals surface area contributed by atoms with Crippen molar-refractivity contribution < 1.29 is 18.3 Å². The average molecular weight is 387 g/mol. The van der Waals surface area contributed by atoms with Gasteiger partial charge in [0.1, 0.15) is 5.75 Å². The van der Waals surface area contributed by atoms with Gasteiger partial charge in [0.2, 0.25) is 5.91 Å². The van der Waals surface area contributed by atoms with E-state index in [0.717, 1.165) is 16.0 Å². The van der Waals surface area contributed by atoms with E-state index in [9.17, 15) is 13.6 Å². The first-order valence-corrected chi connectivity index (χ1v) is 8.74. The van der Waals surface area contributed by atoms with Crippen molar-refractivity contribution in [3.63, 3.8) is 0 Å². The largest absolute Gasteiger partial charge is 0.435 e. The molecule has 5 nitrogen and oxygen atoms in total. The van der Waals surface area contributed by atoms with Crippen LogP contribution in [-0.2, 0) is 4.79 Å². The smallest absolute Gasteiger partial charge is 0.387 e. The molecule has 138 valence electrons. The molecule has 27 heavy (non-hydrogen) atoms. The molecular weight excluding hydrogens is 372 g/mol. The zero-order valence-electron chi connectivity index (χ0n) is 14.2. The molecule has 3 rings (SSSR count). The number of nitrogens with zero attached hydrogens (tertiary/aromatic N) is 2. The third-order valence-electron chi connectivity index (χ3n) is 3.49. The number of thiazole rings is 1. The highest BCUT2D eigenvalue weighted by Crippen LogP contribution is 2.31. The fourth-order valence-corrected chi connectivity index (χ4v) is 3.14. The van der Waals surface area contributed by atoms with Crippen molar-refractivity contribution in [1.29, 1.82) is 0 Å². The Morgan fingerprint density at radius 1 is 1.26 bits per heavy atom. The van der Waals surface area contributed by atoms with Crippen LogP contribution < -0.4 is 10.1 Å². The van der Waals surface area contributed by atoms with Crippen molar-refractivity contribution in [3.8, 4) is 17.0 Å². The standard InChI is InChI=1S/C19H15F2N3O2S/c1-12-17(14-5-7-15(8-6-14)26-18(20)21)24-19(27-12)23-16(25)9-4-13-3-2-10-22-11-13/h2-11,18H,1H3,(H,23,24,25)/b9-4+. The zero-order chi connectivity index (χ0) is 19.2. The number of rotatable bonds is 6. The van der Waals surface area contributed by atoms with Crippen LogP contribution in [0.15, 0.2) is 54.9 Å². The van der Waals surface area contributed by atoms with Crippen molar-refractivity contribution in [1.82, 2.24) is 9.97 Å². The van der Waals surface area contributed by atoms with Crippen molar-refractivity contribution in [2.24, 2.45) is 0 Å². The van der Waals surface area contributed by atoms with Gasteiger partial charge in [0, 0.05) is 28.9 Å². The molecule has 0 aliphatic rings. The van der Waals surface area contributed by atoms with Gasteiger partial charge in [-0.1, -0.05) is 6.07 Å². The molecule has 0 radical (unpaired) electrons. The monoisotopic (exact) mass is 387 g/mol. The predicted octanol–water partition coefficient (Wildman–Crippen LogP) is 4.77. The molecule has 1 amide bonds. The van der Waals surface area contributed by atoms with Crippen LogP contribution in [0.2, 0.25) is 0 Å². The summed E-state index contributed by atoms with van der Waals surface area (Å²) in [4.78, 5) is 21.3. The summed E-state index contributed by atoms with van der Waals surface area (Å²) in [6.07, 6.45) is 6.37. The molecule has 0 aliphatic heterocycles. The predicted molar refractivity (Wildman–Crippen MR) is 101 cm³/mol. The summed E-state index contributed by atoms with van der Waals surface area (Å²) in [6.45, 7) is -0.990. The van der Waals surface area contributed by atoms with Gasteiger partial charge in [-0.3, -0.25) is 15.1 Å². The van der Waals surface area contributed by atoms with Crippen molar-refractivity contribution in [2.45, 2.75) is 13.5 Å². The Bertz CT molecular complexity index is 941. The van der Waals surface area contributed by atoms with Crippen LogP contribution in [0.25, 0.3) is 17.3 Å². The van der Waals surface area contributed by atoms with E-state index < -0.39 is 6.61 Å². The van der Waals surface area contributed by atoms with E-state index in [4.69, 9.17) is 0 Å². The molecule has 0 saturated heterocycles. The number of hydrogen-bond donors (Lipinski definition) is 1. The lowest BCUT2D eigenvalue weighted by Crippen LogP contribution is -2.07. The lowest BCUT2D eigenvalue weighted by Gasteiger charge is -2.05. The van der Waals surface area contributed by atoms with Crippen LogP contribution in [0.5, 0.6) is 5.75 Å². The van der Waals surface area contributed by atoms with Gasteiger partial charge in [-0.05, 0) is 48.9 Å². The van der Waals surface area contributed by atoms with Gasteiger partial charge in [-0.25, -0.2) is 4.98 Å². The Hall–Kier alpha value is -3.13. The van der Waals surface area contributed by atoms with Crippen molar-refractivity contribution in [2.75, 3.05) is 5.32 Å². The minimum Gasteiger partial charge on any atom is -0.435 e. The quantitative estimate of drug-likeness (QED) is 0.619. The lowest BCUT2D eigenvalue weighted by molar-refractivity contribution is -0.111. The molecule has 0 atom stereocenters. The molecular formula is C19H15F2N3O2S. The third kappa shape index (κ3) is 5.18. The summed E-state index contributed by atoms with van der Waals surface area (Å²) in [6, 6.07) is 9.82. The highest BCUT2D eigenvalue weighted by molar-refractivity contribution is 7.16. The van der Waals surface area contributed by atoms with E-state index in [2.05, 4.69) is 20.0 Å². The highest BCUT2D eigenvalue weighted by Gasteiger charge is 2.12. The Kier molecular flexibility index (Phi) is 5.87. The second-order valence-electron chi connectivity index (χ2n) is 5.44. The van der Waals surface area contributed by atoms with E-state index >= 15 is 0 Å². The number of carbonyl (C=O) groups is 1. The van der Waals surface area contributed by atoms with E-state index in [-0.39, 0.29) is 11.7 Å². The van der Waals surface area contributed by atoms with Crippen molar-refractivity contribution in [3.05, 3.63) is 65.3 Å². The maximum absolute atomic E-state index is 12.2. The van der Waals surface area contributed by atoms with Crippen LogP contribution >= 0.6 is 11.3 Å². The SMILES string of the molecule is Cc1sc(NC(=O)/C=C/c2cccnc2)nc1-c1ccc(OC(F)F)cc1. The van der Waals surface area contributed by atoms with Gasteiger partial charge in [0.05, 0.1) is 5.69 Å². The second-order valence-corrected chi connectivity index (χ2v) is 6.64. The average Bonchev–Trinajstić information content (AvgIpc) is 3.01. The molecule has 0 saturated carbocycles. The molecule has 3 aromatic rings. The van der Waals surface area contributed by atoms with E-state index in [0.29, 0.717) is 10.8 Å². The number of halogens is 2. The number of benzene rings is 1. The first kappa shape index (κ1) is 18.7. The summed E-state index contributed by atoms with van der Waals surface area (Å²) in [5, 5.41) is 3.17. The molecule has 8 heteroatoms. The molecule has 0 bridgehead atoms. The van der Waals surface area contributed by atoms with Gasteiger partial charge < -0.3 is 4.74 Å². The number of aromatic nitrogens is 2. The maximum Gasteiger partial charge on any atom is 0.387 e. The first-order chi connectivity index (χ1) is 13.0. The number of pyridine rings is 1. The van der Waals surface area contributed by atoms with Crippen LogP contribution in [-0.4, -0.2) is 22.5 Å². The van der Waals surface area contributed by atoms with E-state index in [1.54, 1.807) is 36.7 Å². The van der Waals surface area contributed by atoms with Gasteiger partial charge in [-0.2, -0.15) is 8.78 Å². The molecule has 1 N–H and O–H groups in total. The Labute approximate surface area is 158 Å².